The van der Waals surface area contributed by atoms with E-state index in [1.54, 1.807) is 0 Å². The Morgan fingerprint density at radius 2 is 1.40 bits per heavy atom. The Hall–Kier alpha value is -0.532. The molecule has 0 aromatic carbocycles. The predicted octanol–water partition coefficient (Wildman–Crippen LogP) is -2.28. The van der Waals surface area contributed by atoms with E-state index >= 15 is 0 Å². The van der Waals surface area contributed by atoms with Crippen LogP contribution in [0, 0.1) is 10.8 Å². The van der Waals surface area contributed by atoms with E-state index in [1.165, 1.54) is 0 Å². The Morgan fingerprint density at radius 1 is 1.05 bits per heavy atom. The van der Waals surface area contributed by atoms with E-state index in [0.29, 0.717) is 6.42 Å². The van der Waals surface area contributed by atoms with Crippen LogP contribution in [0.3, 0.4) is 0 Å². The van der Waals surface area contributed by atoms with Crippen molar-refractivity contribution >= 4 is 11.9 Å². The molecule has 0 aliphatic heterocycles. The number of carboxylic acids is 2. The second-order valence-corrected chi connectivity index (χ2v) is 4.68. The van der Waals surface area contributed by atoms with Crippen molar-refractivity contribution in [1.82, 2.24) is 0 Å². The largest absolute Gasteiger partial charge is 4.00 e. The molecular weight excluding hydrogens is 451 g/mol. The van der Waals surface area contributed by atoms with Gasteiger partial charge in [0.15, 0.2) is 0 Å². The quantitative estimate of drug-likeness (QED) is 0.415. The zero-order valence-electron chi connectivity index (χ0n) is 10.8. The first kappa shape index (κ1) is 21.8. The van der Waals surface area contributed by atoms with Crippen molar-refractivity contribution in [3.05, 3.63) is 11.5 Å². The third-order valence-electron chi connectivity index (χ3n) is 3.41. The van der Waals surface area contributed by atoms with Gasteiger partial charge in [0.2, 0.25) is 0 Å². The second kappa shape index (κ2) is 9.41. The summed E-state index contributed by atoms with van der Waals surface area (Å²) in [6.45, 7) is -0.750. The Bertz CT molecular complexity index is 285. The summed E-state index contributed by atoms with van der Waals surface area (Å²) in [5.74, 6) is -3.03. The van der Waals surface area contributed by atoms with E-state index in [1.807, 2.05) is 0 Å². The number of hydrogen-bond acceptors (Lipinski definition) is 6. The number of aliphatic hydroxyl groups excluding tert-OH is 2. The van der Waals surface area contributed by atoms with Crippen LogP contribution in [-0.2, 0) is 30.7 Å². The Morgan fingerprint density at radius 3 is 1.40 bits per heavy atom. The molecule has 0 heterocycles. The van der Waals surface area contributed by atoms with Gasteiger partial charge in [-0.25, -0.2) is 0 Å². The first-order valence-corrected chi connectivity index (χ1v) is 5.78. The number of nitrogens with one attached hydrogen (secondary N) is 2. The van der Waals surface area contributed by atoms with Gasteiger partial charge in [-0.05, 0) is 18.3 Å². The fourth-order valence-corrected chi connectivity index (χ4v) is 1.36. The molecule has 0 radical (unpaired) electrons. The van der Waals surface area contributed by atoms with Crippen LogP contribution in [0.4, 0.5) is 0 Å². The molecule has 1 aliphatic rings. The topological polar surface area (TPSA) is 168 Å². The molecule has 1 aliphatic carbocycles. The van der Waals surface area contributed by atoms with Crippen LogP contribution in [-0.4, -0.2) is 48.5 Å². The van der Waals surface area contributed by atoms with E-state index in [0.717, 1.165) is 0 Å². The van der Waals surface area contributed by atoms with Crippen molar-refractivity contribution in [3.63, 3.8) is 0 Å². The van der Waals surface area contributed by atoms with Gasteiger partial charge >= 0.3 is 21.1 Å². The van der Waals surface area contributed by atoms with Gasteiger partial charge in [0.05, 0.1) is 11.9 Å². The van der Waals surface area contributed by atoms with Crippen LogP contribution in [0.2, 0.25) is 0 Å². The summed E-state index contributed by atoms with van der Waals surface area (Å²) in [6.07, 6.45) is 0.928. The minimum absolute atomic E-state index is 0. The zero-order valence-corrected chi connectivity index (χ0v) is 13.1. The maximum Gasteiger partial charge on any atom is 4.00 e. The van der Waals surface area contributed by atoms with E-state index in [4.69, 9.17) is 21.7 Å². The van der Waals surface area contributed by atoms with Gasteiger partial charge in [0, 0.05) is 18.6 Å². The molecule has 9 heteroatoms. The molecule has 1 saturated carbocycles. The van der Waals surface area contributed by atoms with Gasteiger partial charge < -0.3 is 41.5 Å². The van der Waals surface area contributed by atoms with Gasteiger partial charge in [-0.1, -0.05) is 6.42 Å². The molecule has 0 saturated heterocycles. The summed E-state index contributed by atoms with van der Waals surface area (Å²) >= 11 is 0. The van der Waals surface area contributed by atoms with Crippen molar-refractivity contribution in [2.75, 3.05) is 26.3 Å². The van der Waals surface area contributed by atoms with Gasteiger partial charge in [0.1, 0.15) is 0 Å². The van der Waals surface area contributed by atoms with Gasteiger partial charge in [-0.2, -0.15) is 0 Å². The van der Waals surface area contributed by atoms with Crippen molar-refractivity contribution in [2.45, 2.75) is 19.3 Å². The normalized spacial score (nSPS) is 16.0. The monoisotopic (exact) mass is 469 g/mol. The SMILES string of the molecule is O=C([O-])C1(C(=O)[O-])CCC1.[NH-]CC(C[NH-])(CO)CO.[Pt+4]. The van der Waals surface area contributed by atoms with Crippen LogP contribution in [0.15, 0.2) is 0 Å². The molecule has 0 aromatic rings. The van der Waals surface area contributed by atoms with Crippen molar-refractivity contribution < 1.29 is 51.1 Å². The van der Waals surface area contributed by atoms with Crippen LogP contribution >= 0.6 is 0 Å². The van der Waals surface area contributed by atoms with Crippen molar-refractivity contribution in [2.24, 2.45) is 10.8 Å². The Kier molecular flexibility index (Phi) is 10.2. The first-order chi connectivity index (χ1) is 8.84. The Balaban J connectivity index is 0. The van der Waals surface area contributed by atoms with Crippen molar-refractivity contribution in [3.8, 4) is 0 Å². The molecule has 8 nitrogen and oxygen atoms in total. The number of hydrogen-bond donors (Lipinski definition) is 2. The Labute approximate surface area is 131 Å². The summed E-state index contributed by atoms with van der Waals surface area (Å²) in [5.41, 5.74) is 11.2. The summed E-state index contributed by atoms with van der Waals surface area (Å²) in [4.78, 5) is 20.4. The number of rotatable bonds is 6. The smallest absolute Gasteiger partial charge is 0.677 e. The summed E-state index contributed by atoms with van der Waals surface area (Å²) in [7, 11) is 0. The van der Waals surface area contributed by atoms with Gasteiger partial charge in [0.25, 0.3) is 0 Å². The minimum atomic E-state index is -1.67. The first-order valence-electron chi connectivity index (χ1n) is 5.78. The number of carbonyl (C=O) groups is 2. The standard InChI is InChI=1S/C6H8O4.C5H12N2O2.Pt/c7-4(8)6(5(9)10)2-1-3-6;6-1-5(2-7,3-8)4-9;/h1-3H2,(H,7,8)(H,9,10);6-9H,1-4H2;/q;-2;+4/p-2. The number of carbonyl (C=O) groups excluding carboxylic acids is 2. The summed E-state index contributed by atoms with van der Waals surface area (Å²) in [5, 5.41) is 37.6. The number of carboxylic acid groups (broad SMARTS) is 2. The average molecular weight is 469 g/mol. The van der Waals surface area contributed by atoms with Crippen LogP contribution < -0.4 is 10.2 Å². The molecule has 118 valence electrons. The van der Waals surface area contributed by atoms with E-state index in [-0.39, 0.29) is 60.2 Å². The van der Waals surface area contributed by atoms with Crippen LogP contribution in [0.25, 0.3) is 11.5 Å². The number of aliphatic hydroxyl groups is 2. The molecule has 4 N–H and O–H groups in total. The van der Waals surface area contributed by atoms with Crippen LogP contribution in [0.1, 0.15) is 19.3 Å². The fraction of sp³-hybridized carbons (Fsp3) is 0.818. The average Bonchev–Trinajstić information content (AvgIpc) is 2.31. The van der Waals surface area contributed by atoms with E-state index < -0.39 is 22.8 Å². The van der Waals surface area contributed by atoms with Crippen LogP contribution in [0.5, 0.6) is 0 Å². The fourth-order valence-electron chi connectivity index (χ4n) is 1.36. The number of aliphatic carboxylic acids is 2. The van der Waals surface area contributed by atoms with Gasteiger partial charge in [-0.15, -0.1) is 13.1 Å². The second-order valence-electron chi connectivity index (χ2n) is 4.68. The molecular formula is C11H18N2O6Pt. The molecule has 1 rings (SSSR count). The molecule has 0 spiro atoms. The predicted molar refractivity (Wildman–Crippen MR) is 61.3 cm³/mol. The molecule has 0 unspecified atom stereocenters. The van der Waals surface area contributed by atoms with E-state index in [9.17, 15) is 19.8 Å². The maximum atomic E-state index is 10.2. The molecule has 1 fully saturated rings. The molecule has 0 atom stereocenters. The van der Waals surface area contributed by atoms with E-state index in [2.05, 4.69) is 0 Å². The summed E-state index contributed by atoms with van der Waals surface area (Å²) < 4.78 is 0. The third kappa shape index (κ3) is 4.78. The van der Waals surface area contributed by atoms with Crippen molar-refractivity contribution in [1.29, 1.82) is 0 Å². The minimum Gasteiger partial charge on any atom is -0.677 e. The maximum absolute atomic E-state index is 10.2. The molecule has 20 heavy (non-hydrogen) atoms. The van der Waals surface area contributed by atoms with Gasteiger partial charge in [-0.3, -0.25) is 0 Å². The molecule has 0 aromatic heterocycles. The third-order valence-corrected chi connectivity index (χ3v) is 3.41. The zero-order chi connectivity index (χ0) is 15.1. The molecule has 0 amide bonds. The summed E-state index contributed by atoms with van der Waals surface area (Å²) in [6, 6.07) is 0. The molecule has 0 bridgehead atoms.